The molecule has 1 aromatic heterocycles. The molecule has 4 N–H and O–H groups in total. The van der Waals surface area contributed by atoms with E-state index in [9.17, 15) is 9.90 Å². The van der Waals surface area contributed by atoms with Gasteiger partial charge in [-0.25, -0.2) is 4.98 Å². The van der Waals surface area contributed by atoms with Crippen LogP contribution in [0.3, 0.4) is 0 Å². The molecule has 2 unspecified atom stereocenters. The van der Waals surface area contributed by atoms with E-state index in [0.717, 1.165) is 0 Å². The van der Waals surface area contributed by atoms with E-state index in [0.29, 0.717) is 42.0 Å². The Morgan fingerprint density at radius 2 is 2.30 bits per heavy atom. The van der Waals surface area contributed by atoms with Gasteiger partial charge in [0, 0.05) is 18.8 Å². The van der Waals surface area contributed by atoms with Crippen LogP contribution >= 0.6 is 0 Å². The van der Waals surface area contributed by atoms with Gasteiger partial charge >= 0.3 is 0 Å². The predicted octanol–water partition coefficient (Wildman–Crippen LogP) is 0.712. The average Bonchev–Trinajstić information content (AvgIpc) is 2.42. The molecule has 2 heterocycles. The lowest BCUT2D eigenvalue weighted by molar-refractivity contribution is 0.0966. The summed E-state index contributed by atoms with van der Waals surface area (Å²) in [5.74, 6) is 0.724. The smallest absolute Gasteiger partial charge is 0.260 e. The number of nitrogen functional groups attached to an aromatic ring is 1. The normalized spacial score (nSPS) is 23.2. The Hall–Kier alpha value is -2.08. The molecule has 1 fully saturated rings. The number of fused-ring (bicyclic) bond motifs is 1. The first-order chi connectivity index (χ1) is 9.54. The molecule has 0 bridgehead atoms. The van der Waals surface area contributed by atoms with Gasteiger partial charge in [-0.15, -0.1) is 0 Å². The van der Waals surface area contributed by atoms with Crippen molar-refractivity contribution in [2.75, 3.05) is 23.7 Å². The summed E-state index contributed by atoms with van der Waals surface area (Å²) in [5, 5.41) is 10.3. The van der Waals surface area contributed by atoms with Gasteiger partial charge in [0.25, 0.3) is 5.56 Å². The maximum Gasteiger partial charge on any atom is 0.260 e. The number of benzene rings is 1. The van der Waals surface area contributed by atoms with Gasteiger partial charge in [-0.05, 0) is 30.5 Å². The van der Waals surface area contributed by atoms with Gasteiger partial charge < -0.3 is 15.7 Å². The van der Waals surface area contributed by atoms with Crippen LogP contribution in [0.15, 0.2) is 23.0 Å². The Morgan fingerprint density at radius 1 is 1.50 bits per heavy atom. The quantitative estimate of drug-likeness (QED) is 0.666. The molecule has 2 atom stereocenters. The standard InChI is InChI=1S/C14H18N4O2/c1-8-7-18(5-4-12(8)19)14-16-11-3-2-9(15)6-10(11)13(20)17-14/h2-3,6,8,12,19H,4-5,7,15H2,1H3,(H,16,17,20). The zero-order valence-corrected chi connectivity index (χ0v) is 11.3. The van der Waals surface area contributed by atoms with Crippen LogP contribution in [0.5, 0.6) is 0 Å². The Kier molecular flexibility index (Phi) is 3.10. The number of aromatic amines is 1. The average molecular weight is 274 g/mol. The molecule has 0 saturated carbocycles. The fourth-order valence-electron chi connectivity index (χ4n) is 2.62. The fourth-order valence-corrected chi connectivity index (χ4v) is 2.62. The minimum absolute atomic E-state index is 0.163. The van der Waals surface area contributed by atoms with Gasteiger partial charge in [-0.3, -0.25) is 9.78 Å². The second-order valence-corrected chi connectivity index (χ2v) is 5.45. The monoisotopic (exact) mass is 274 g/mol. The van der Waals surface area contributed by atoms with Crippen molar-refractivity contribution in [3.8, 4) is 0 Å². The number of piperidine rings is 1. The van der Waals surface area contributed by atoms with E-state index in [-0.39, 0.29) is 17.6 Å². The molecule has 20 heavy (non-hydrogen) atoms. The first-order valence-electron chi connectivity index (χ1n) is 6.77. The van der Waals surface area contributed by atoms with Crippen LogP contribution in [0, 0.1) is 5.92 Å². The summed E-state index contributed by atoms with van der Waals surface area (Å²) in [6, 6.07) is 5.13. The highest BCUT2D eigenvalue weighted by atomic mass is 16.3. The summed E-state index contributed by atoms with van der Waals surface area (Å²) in [6.07, 6.45) is 0.406. The van der Waals surface area contributed by atoms with Gasteiger partial charge in [0.05, 0.1) is 17.0 Å². The second-order valence-electron chi connectivity index (χ2n) is 5.45. The van der Waals surface area contributed by atoms with E-state index in [1.165, 1.54) is 0 Å². The van der Waals surface area contributed by atoms with Gasteiger partial charge in [-0.2, -0.15) is 0 Å². The van der Waals surface area contributed by atoms with Gasteiger partial charge in [0.15, 0.2) is 0 Å². The molecule has 1 aromatic carbocycles. The number of aliphatic hydroxyl groups is 1. The molecule has 0 spiro atoms. The number of anilines is 2. The van der Waals surface area contributed by atoms with E-state index in [1.54, 1.807) is 18.2 Å². The van der Waals surface area contributed by atoms with Crippen LogP contribution in [0.4, 0.5) is 11.6 Å². The number of aromatic nitrogens is 2. The van der Waals surface area contributed by atoms with Gasteiger partial charge in [-0.1, -0.05) is 6.92 Å². The fraction of sp³-hybridized carbons (Fsp3) is 0.429. The number of H-pyrrole nitrogens is 1. The molecule has 6 heteroatoms. The highest BCUT2D eigenvalue weighted by molar-refractivity contribution is 5.81. The van der Waals surface area contributed by atoms with Crippen molar-refractivity contribution in [1.29, 1.82) is 0 Å². The summed E-state index contributed by atoms with van der Waals surface area (Å²) < 4.78 is 0. The van der Waals surface area contributed by atoms with Crippen molar-refractivity contribution in [1.82, 2.24) is 9.97 Å². The minimum Gasteiger partial charge on any atom is -0.399 e. The van der Waals surface area contributed by atoms with Crippen molar-refractivity contribution < 1.29 is 5.11 Å². The van der Waals surface area contributed by atoms with E-state index >= 15 is 0 Å². The second kappa shape index (κ2) is 4.79. The number of nitrogens with zero attached hydrogens (tertiary/aromatic N) is 2. The molecule has 0 aliphatic carbocycles. The lowest BCUT2D eigenvalue weighted by Crippen LogP contribution is -2.43. The summed E-state index contributed by atoms with van der Waals surface area (Å²) in [6.45, 7) is 3.37. The zero-order chi connectivity index (χ0) is 14.3. The highest BCUT2D eigenvalue weighted by Gasteiger charge is 2.25. The Morgan fingerprint density at radius 3 is 3.05 bits per heavy atom. The van der Waals surface area contributed by atoms with Crippen molar-refractivity contribution in [3.05, 3.63) is 28.6 Å². The topological polar surface area (TPSA) is 95.2 Å². The maximum atomic E-state index is 12.1. The predicted molar refractivity (Wildman–Crippen MR) is 78.8 cm³/mol. The number of rotatable bonds is 1. The van der Waals surface area contributed by atoms with Crippen LogP contribution in [-0.2, 0) is 0 Å². The number of aliphatic hydroxyl groups excluding tert-OH is 1. The molecule has 106 valence electrons. The van der Waals surface area contributed by atoms with Crippen LogP contribution in [0.1, 0.15) is 13.3 Å². The van der Waals surface area contributed by atoms with Gasteiger partial charge in [0.1, 0.15) is 0 Å². The molecule has 6 nitrogen and oxygen atoms in total. The summed E-state index contributed by atoms with van der Waals surface area (Å²) in [7, 11) is 0. The molecular formula is C14H18N4O2. The Labute approximate surface area is 116 Å². The van der Waals surface area contributed by atoms with E-state index in [4.69, 9.17) is 5.73 Å². The molecule has 0 amide bonds. The molecule has 2 aromatic rings. The largest absolute Gasteiger partial charge is 0.399 e. The van der Waals surface area contributed by atoms with E-state index in [2.05, 4.69) is 9.97 Å². The van der Waals surface area contributed by atoms with Crippen molar-refractivity contribution in [2.45, 2.75) is 19.4 Å². The first-order valence-corrected chi connectivity index (χ1v) is 6.77. The summed E-state index contributed by atoms with van der Waals surface area (Å²) in [5.41, 5.74) is 6.69. The molecule has 0 radical (unpaired) electrons. The highest BCUT2D eigenvalue weighted by Crippen LogP contribution is 2.21. The molecule has 1 aliphatic rings. The third-order valence-electron chi connectivity index (χ3n) is 3.88. The van der Waals surface area contributed by atoms with Crippen LogP contribution < -0.4 is 16.2 Å². The molecule has 3 rings (SSSR count). The van der Waals surface area contributed by atoms with Crippen LogP contribution in [0.2, 0.25) is 0 Å². The van der Waals surface area contributed by atoms with Crippen LogP contribution in [-0.4, -0.2) is 34.3 Å². The number of hydrogen-bond acceptors (Lipinski definition) is 5. The van der Waals surface area contributed by atoms with E-state index in [1.807, 2.05) is 11.8 Å². The number of nitrogens with two attached hydrogens (primary N) is 1. The SMILES string of the molecule is CC1CN(c2nc3ccc(N)cc3c(=O)[nH]2)CCC1O. The third-order valence-corrected chi connectivity index (χ3v) is 3.88. The lowest BCUT2D eigenvalue weighted by Gasteiger charge is -2.34. The first kappa shape index (κ1) is 12.9. The maximum absolute atomic E-state index is 12.1. The summed E-state index contributed by atoms with van der Waals surface area (Å²) >= 11 is 0. The van der Waals surface area contributed by atoms with E-state index < -0.39 is 0 Å². The van der Waals surface area contributed by atoms with Crippen molar-refractivity contribution >= 4 is 22.5 Å². The molecule has 1 aliphatic heterocycles. The van der Waals surface area contributed by atoms with Crippen LogP contribution in [0.25, 0.3) is 10.9 Å². The molecule has 1 saturated heterocycles. The number of hydrogen-bond donors (Lipinski definition) is 3. The van der Waals surface area contributed by atoms with Crippen molar-refractivity contribution in [3.63, 3.8) is 0 Å². The molecular weight excluding hydrogens is 256 g/mol. The Bertz CT molecular complexity index is 697. The minimum atomic E-state index is -0.279. The number of nitrogens with one attached hydrogen (secondary N) is 1. The van der Waals surface area contributed by atoms with Gasteiger partial charge in [0.2, 0.25) is 5.95 Å². The third kappa shape index (κ3) is 2.22. The Balaban J connectivity index is 2.01. The summed E-state index contributed by atoms with van der Waals surface area (Å²) in [4.78, 5) is 21.4. The van der Waals surface area contributed by atoms with Crippen molar-refractivity contribution in [2.24, 2.45) is 5.92 Å². The lowest BCUT2D eigenvalue weighted by atomic mass is 9.97. The zero-order valence-electron chi connectivity index (χ0n) is 11.3.